The lowest BCUT2D eigenvalue weighted by Gasteiger charge is -2.10. The molecule has 0 radical (unpaired) electrons. The van der Waals surface area contributed by atoms with Crippen molar-refractivity contribution in [1.82, 2.24) is 9.55 Å². The molecular weight excluding hydrogens is 266 g/mol. The van der Waals surface area contributed by atoms with E-state index in [0.717, 1.165) is 0 Å². The molecule has 0 unspecified atom stereocenters. The summed E-state index contributed by atoms with van der Waals surface area (Å²) < 4.78 is 14.4. The van der Waals surface area contributed by atoms with Crippen LogP contribution in [0.5, 0.6) is 0 Å². The quantitative estimate of drug-likeness (QED) is 0.800. The van der Waals surface area contributed by atoms with Crippen LogP contribution in [0.1, 0.15) is 0 Å². The van der Waals surface area contributed by atoms with Gasteiger partial charge in [-0.1, -0.05) is 35.3 Å². The van der Waals surface area contributed by atoms with Gasteiger partial charge in [-0.05, 0) is 12.1 Å². The maximum absolute atomic E-state index is 13.1. The summed E-state index contributed by atoms with van der Waals surface area (Å²) in [5, 5.41) is -0.152. The summed E-state index contributed by atoms with van der Waals surface area (Å²) in [5.74, 6) is -0.416. The van der Waals surface area contributed by atoms with Crippen molar-refractivity contribution in [3.8, 4) is 11.3 Å². The van der Waals surface area contributed by atoms with E-state index in [-0.39, 0.29) is 10.3 Å². The molecule has 17 heavy (non-hydrogen) atoms. The minimum atomic E-state index is -0.477. The first-order valence-electron chi connectivity index (χ1n) is 4.68. The third-order valence-electron chi connectivity index (χ3n) is 2.31. The number of hydrogen-bond donors (Lipinski definition) is 0. The van der Waals surface area contributed by atoms with E-state index < -0.39 is 11.4 Å². The normalized spacial score (nSPS) is 10.6. The zero-order valence-electron chi connectivity index (χ0n) is 8.75. The molecule has 0 amide bonds. The van der Waals surface area contributed by atoms with Crippen LogP contribution in [-0.2, 0) is 7.05 Å². The van der Waals surface area contributed by atoms with Crippen molar-refractivity contribution in [2.24, 2.45) is 7.05 Å². The van der Waals surface area contributed by atoms with Crippen LogP contribution in [0.2, 0.25) is 10.3 Å². The maximum Gasteiger partial charge on any atom is 0.288 e. The van der Waals surface area contributed by atoms with Crippen LogP contribution in [-0.4, -0.2) is 9.55 Å². The minimum Gasteiger partial charge on any atom is -0.306 e. The summed E-state index contributed by atoms with van der Waals surface area (Å²) in [7, 11) is 1.50. The van der Waals surface area contributed by atoms with Crippen LogP contribution in [0.3, 0.4) is 0 Å². The van der Waals surface area contributed by atoms with Crippen molar-refractivity contribution in [3.63, 3.8) is 0 Å². The summed E-state index contributed by atoms with van der Waals surface area (Å²) in [5.41, 5.74) is 0.328. The first kappa shape index (κ1) is 12.1. The van der Waals surface area contributed by atoms with Crippen molar-refractivity contribution in [2.75, 3.05) is 0 Å². The van der Waals surface area contributed by atoms with E-state index >= 15 is 0 Å². The highest BCUT2D eigenvalue weighted by Gasteiger charge is 2.13. The summed E-state index contributed by atoms with van der Waals surface area (Å²) >= 11 is 11.5. The van der Waals surface area contributed by atoms with Gasteiger partial charge in [-0.3, -0.25) is 4.79 Å². The molecule has 0 saturated heterocycles. The Bertz CT molecular complexity index is 640. The molecule has 2 rings (SSSR count). The monoisotopic (exact) mass is 272 g/mol. The van der Waals surface area contributed by atoms with Crippen LogP contribution < -0.4 is 5.56 Å². The van der Waals surface area contributed by atoms with Gasteiger partial charge in [-0.25, -0.2) is 9.37 Å². The lowest BCUT2D eigenvalue weighted by atomic mass is 10.1. The third kappa shape index (κ3) is 2.18. The molecule has 0 aliphatic carbocycles. The number of aromatic nitrogens is 2. The minimum absolute atomic E-state index is 0.0581. The average molecular weight is 273 g/mol. The molecular formula is C11H7Cl2FN2O. The Labute approximate surface area is 106 Å². The Morgan fingerprint density at radius 1 is 1.29 bits per heavy atom. The fraction of sp³-hybridized carbons (Fsp3) is 0.0909. The second kappa shape index (κ2) is 4.47. The van der Waals surface area contributed by atoms with E-state index in [4.69, 9.17) is 23.2 Å². The average Bonchev–Trinajstić information content (AvgIpc) is 2.26. The predicted octanol–water partition coefficient (Wildman–Crippen LogP) is 2.89. The Morgan fingerprint density at radius 2 is 2.00 bits per heavy atom. The van der Waals surface area contributed by atoms with Crippen LogP contribution in [0.4, 0.5) is 4.39 Å². The zero-order valence-corrected chi connectivity index (χ0v) is 10.3. The van der Waals surface area contributed by atoms with E-state index in [1.165, 1.54) is 29.8 Å². The van der Waals surface area contributed by atoms with E-state index in [1.807, 2.05) is 0 Å². The first-order chi connectivity index (χ1) is 8.00. The highest BCUT2D eigenvalue weighted by Crippen LogP contribution is 2.25. The lowest BCUT2D eigenvalue weighted by Crippen LogP contribution is -2.20. The second-order valence-electron chi connectivity index (χ2n) is 3.42. The lowest BCUT2D eigenvalue weighted by molar-refractivity contribution is 0.628. The van der Waals surface area contributed by atoms with Gasteiger partial charge in [0.05, 0.1) is 5.69 Å². The van der Waals surface area contributed by atoms with Gasteiger partial charge in [0.25, 0.3) is 5.56 Å². The highest BCUT2D eigenvalue weighted by atomic mass is 35.5. The molecule has 0 N–H and O–H groups in total. The van der Waals surface area contributed by atoms with Gasteiger partial charge < -0.3 is 4.57 Å². The fourth-order valence-electron chi connectivity index (χ4n) is 1.51. The molecule has 3 nitrogen and oxygen atoms in total. The van der Waals surface area contributed by atoms with Gasteiger partial charge in [0.1, 0.15) is 5.82 Å². The Balaban J connectivity index is 2.76. The molecule has 6 heteroatoms. The molecule has 2 aromatic rings. The molecule has 1 aromatic heterocycles. The molecule has 0 atom stereocenters. The molecule has 0 aliphatic heterocycles. The van der Waals surface area contributed by atoms with E-state index in [1.54, 1.807) is 6.07 Å². The van der Waals surface area contributed by atoms with Crippen molar-refractivity contribution in [3.05, 3.63) is 50.7 Å². The number of nitrogens with zero attached hydrogens (tertiary/aromatic N) is 2. The molecule has 1 aromatic carbocycles. The summed E-state index contributed by atoms with van der Waals surface area (Å²) in [6.07, 6.45) is 0. The van der Waals surface area contributed by atoms with E-state index in [9.17, 15) is 9.18 Å². The van der Waals surface area contributed by atoms with Crippen LogP contribution >= 0.6 is 23.2 Å². The smallest absolute Gasteiger partial charge is 0.288 e. The number of halogens is 3. The molecule has 0 fully saturated rings. The molecule has 0 spiro atoms. The summed E-state index contributed by atoms with van der Waals surface area (Å²) in [6, 6.07) is 5.74. The molecule has 0 bridgehead atoms. The van der Waals surface area contributed by atoms with Crippen molar-refractivity contribution < 1.29 is 4.39 Å². The van der Waals surface area contributed by atoms with Crippen molar-refractivity contribution in [2.45, 2.75) is 0 Å². The Morgan fingerprint density at radius 3 is 2.65 bits per heavy atom. The van der Waals surface area contributed by atoms with Crippen LogP contribution in [0.15, 0.2) is 29.1 Å². The fourth-order valence-corrected chi connectivity index (χ4v) is 2.09. The SMILES string of the molecule is Cn1c(-c2cccc(F)c2)c(Cl)nc(Cl)c1=O. The van der Waals surface area contributed by atoms with Gasteiger partial charge in [-0.2, -0.15) is 0 Å². The first-order valence-corrected chi connectivity index (χ1v) is 5.44. The topological polar surface area (TPSA) is 34.9 Å². The van der Waals surface area contributed by atoms with Gasteiger partial charge in [-0.15, -0.1) is 0 Å². The largest absolute Gasteiger partial charge is 0.306 e. The predicted molar refractivity (Wildman–Crippen MR) is 64.9 cm³/mol. The van der Waals surface area contributed by atoms with Gasteiger partial charge in [0.15, 0.2) is 10.3 Å². The van der Waals surface area contributed by atoms with Crippen LogP contribution in [0.25, 0.3) is 11.3 Å². The van der Waals surface area contributed by atoms with Crippen molar-refractivity contribution in [1.29, 1.82) is 0 Å². The van der Waals surface area contributed by atoms with Gasteiger partial charge in [0, 0.05) is 12.6 Å². The molecule has 0 aliphatic rings. The summed E-state index contributed by atoms with van der Waals surface area (Å²) in [6.45, 7) is 0. The third-order valence-corrected chi connectivity index (χ3v) is 2.82. The Hall–Kier alpha value is -1.39. The summed E-state index contributed by atoms with van der Waals surface area (Å²) in [4.78, 5) is 15.3. The van der Waals surface area contributed by atoms with Crippen molar-refractivity contribution >= 4 is 23.2 Å². The van der Waals surface area contributed by atoms with E-state index in [0.29, 0.717) is 11.3 Å². The zero-order chi connectivity index (χ0) is 12.6. The van der Waals surface area contributed by atoms with E-state index in [2.05, 4.69) is 4.98 Å². The molecule has 0 saturated carbocycles. The highest BCUT2D eigenvalue weighted by molar-refractivity contribution is 6.33. The Kier molecular flexibility index (Phi) is 3.17. The van der Waals surface area contributed by atoms with Crippen LogP contribution in [0, 0.1) is 5.82 Å². The number of hydrogen-bond acceptors (Lipinski definition) is 2. The standard InChI is InChI=1S/C11H7Cl2FN2O/c1-16-8(6-3-2-4-7(14)5-6)9(12)15-10(13)11(16)17/h2-5H,1H3. The molecule has 1 heterocycles. The van der Waals surface area contributed by atoms with Gasteiger partial charge >= 0.3 is 0 Å². The van der Waals surface area contributed by atoms with Gasteiger partial charge in [0.2, 0.25) is 0 Å². The number of rotatable bonds is 1. The molecule has 88 valence electrons. The maximum atomic E-state index is 13.1. The number of benzene rings is 1. The second-order valence-corrected chi connectivity index (χ2v) is 4.13.